The smallest absolute Gasteiger partial charge is 0.257 e. The predicted octanol–water partition coefficient (Wildman–Crippen LogP) is 2.52. The Bertz CT molecular complexity index is 1000. The molecule has 0 spiro atoms. The average molecular weight is 405 g/mol. The Kier molecular flexibility index (Phi) is 5.74. The first-order valence-corrected chi connectivity index (χ1v) is 9.70. The number of piperazine rings is 1. The molecule has 0 unspecified atom stereocenters. The van der Waals surface area contributed by atoms with E-state index in [9.17, 15) is 4.79 Å². The number of methoxy groups -OCH3 is 2. The highest BCUT2D eigenvalue weighted by molar-refractivity contribution is 5.97. The van der Waals surface area contributed by atoms with E-state index in [1.165, 1.54) is 0 Å². The number of anilines is 1. The summed E-state index contributed by atoms with van der Waals surface area (Å²) in [6.07, 6.45) is 3.47. The molecule has 0 aliphatic carbocycles. The molecule has 1 aliphatic heterocycles. The van der Waals surface area contributed by atoms with E-state index in [0.29, 0.717) is 43.2 Å². The van der Waals surface area contributed by atoms with Crippen LogP contribution in [0.1, 0.15) is 10.4 Å². The third-order valence-electron chi connectivity index (χ3n) is 5.16. The summed E-state index contributed by atoms with van der Waals surface area (Å²) in [5.74, 6) is 1.93. The van der Waals surface area contributed by atoms with E-state index in [2.05, 4.69) is 20.1 Å². The van der Waals surface area contributed by atoms with Crippen LogP contribution in [0.3, 0.4) is 0 Å². The van der Waals surface area contributed by atoms with Gasteiger partial charge in [-0.15, -0.1) is 10.2 Å². The Morgan fingerprint density at radius 1 is 0.900 bits per heavy atom. The molecule has 8 nitrogen and oxygen atoms in total. The van der Waals surface area contributed by atoms with Crippen molar-refractivity contribution in [2.75, 3.05) is 45.3 Å². The van der Waals surface area contributed by atoms with Crippen LogP contribution in [0.15, 0.2) is 54.9 Å². The van der Waals surface area contributed by atoms with Gasteiger partial charge in [0, 0.05) is 50.2 Å². The second-order valence-electron chi connectivity index (χ2n) is 6.86. The van der Waals surface area contributed by atoms with Crippen LogP contribution in [0.4, 0.5) is 5.82 Å². The van der Waals surface area contributed by atoms with Crippen molar-refractivity contribution in [3.63, 3.8) is 0 Å². The molecular weight excluding hydrogens is 382 g/mol. The van der Waals surface area contributed by atoms with Crippen LogP contribution >= 0.6 is 0 Å². The zero-order valence-electron chi connectivity index (χ0n) is 17.0. The summed E-state index contributed by atoms with van der Waals surface area (Å²) in [5.41, 5.74) is 2.32. The van der Waals surface area contributed by atoms with E-state index in [1.54, 1.807) is 44.8 Å². The molecule has 1 aliphatic rings. The van der Waals surface area contributed by atoms with E-state index in [-0.39, 0.29) is 5.91 Å². The first-order valence-electron chi connectivity index (χ1n) is 9.70. The molecule has 0 N–H and O–H groups in total. The fraction of sp³-hybridized carbons (Fsp3) is 0.273. The summed E-state index contributed by atoms with van der Waals surface area (Å²) in [7, 11) is 3.14. The van der Waals surface area contributed by atoms with Gasteiger partial charge in [0.2, 0.25) is 0 Å². The maximum Gasteiger partial charge on any atom is 0.257 e. The number of carbonyl (C=O) groups is 1. The molecule has 0 saturated carbocycles. The standard InChI is InChI=1S/C22H23N5O3/c1-29-17-3-4-18(20(15-17)30-2)22(28)27-13-11-26(12-14-27)21-6-5-19(24-25-21)16-7-9-23-10-8-16/h3-10,15H,11-14H2,1-2H3. The van der Waals surface area contributed by atoms with Crippen molar-refractivity contribution < 1.29 is 14.3 Å². The largest absolute Gasteiger partial charge is 0.497 e. The SMILES string of the molecule is COc1ccc(C(=O)N2CCN(c3ccc(-c4ccncc4)nn3)CC2)c(OC)c1. The normalized spacial score (nSPS) is 13.8. The highest BCUT2D eigenvalue weighted by atomic mass is 16.5. The van der Waals surface area contributed by atoms with Crippen LogP contribution in [0.2, 0.25) is 0 Å². The number of pyridine rings is 1. The number of carbonyl (C=O) groups excluding carboxylic acids is 1. The van der Waals surface area contributed by atoms with Gasteiger partial charge in [0.25, 0.3) is 5.91 Å². The minimum Gasteiger partial charge on any atom is -0.497 e. The molecule has 8 heteroatoms. The molecular formula is C22H23N5O3. The molecule has 0 bridgehead atoms. The van der Waals surface area contributed by atoms with Crippen LogP contribution < -0.4 is 14.4 Å². The highest BCUT2D eigenvalue weighted by Gasteiger charge is 2.25. The summed E-state index contributed by atoms with van der Waals surface area (Å²) in [4.78, 5) is 21.0. The van der Waals surface area contributed by atoms with Gasteiger partial charge in [0.05, 0.1) is 25.5 Å². The van der Waals surface area contributed by atoms with Crippen molar-refractivity contribution in [2.45, 2.75) is 0 Å². The Hall–Kier alpha value is -3.68. The van der Waals surface area contributed by atoms with E-state index < -0.39 is 0 Å². The van der Waals surface area contributed by atoms with Crippen molar-refractivity contribution >= 4 is 11.7 Å². The Balaban J connectivity index is 1.41. The molecule has 1 saturated heterocycles. The number of ether oxygens (including phenoxy) is 2. The van der Waals surface area contributed by atoms with Crippen molar-refractivity contribution in [1.29, 1.82) is 0 Å². The first-order chi connectivity index (χ1) is 14.7. The maximum absolute atomic E-state index is 13.0. The monoisotopic (exact) mass is 405 g/mol. The van der Waals surface area contributed by atoms with Crippen LogP contribution in [-0.2, 0) is 0 Å². The third kappa shape index (κ3) is 4.03. The zero-order valence-corrected chi connectivity index (χ0v) is 17.0. The quantitative estimate of drug-likeness (QED) is 0.645. The van der Waals surface area contributed by atoms with Crippen molar-refractivity contribution in [2.24, 2.45) is 0 Å². The van der Waals surface area contributed by atoms with Gasteiger partial charge < -0.3 is 19.3 Å². The lowest BCUT2D eigenvalue weighted by atomic mass is 10.1. The molecule has 2 aromatic heterocycles. The van der Waals surface area contributed by atoms with Gasteiger partial charge in [0.15, 0.2) is 5.82 Å². The summed E-state index contributed by atoms with van der Waals surface area (Å²) >= 11 is 0. The van der Waals surface area contributed by atoms with Gasteiger partial charge in [0.1, 0.15) is 11.5 Å². The molecule has 3 heterocycles. The molecule has 3 aromatic rings. The Labute approximate surface area is 175 Å². The summed E-state index contributed by atoms with van der Waals surface area (Å²) in [6.45, 7) is 2.57. The van der Waals surface area contributed by atoms with Gasteiger partial charge in [-0.05, 0) is 36.4 Å². The number of amides is 1. The van der Waals surface area contributed by atoms with Gasteiger partial charge in [-0.1, -0.05) is 0 Å². The van der Waals surface area contributed by atoms with Crippen LogP contribution in [0.25, 0.3) is 11.3 Å². The van der Waals surface area contributed by atoms with Gasteiger partial charge in [-0.2, -0.15) is 0 Å². The molecule has 154 valence electrons. The molecule has 1 fully saturated rings. The van der Waals surface area contributed by atoms with E-state index in [4.69, 9.17) is 9.47 Å². The number of hydrogen-bond acceptors (Lipinski definition) is 7. The maximum atomic E-state index is 13.0. The average Bonchev–Trinajstić information content (AvgIpc) is 2.84. The number of nitrogens with zero attached hydrogens (tertiary/aromatic N) is 5. The fourth-order valence-electron chi connectivity index (χ4n) is 3.45. The number of benzene rings is 1. The van der Waals surface area contributed by atoms with Crippen molar-refractivity contribution in [3.8, 4) is 22.8 Å². The minimum atomic E-state index is -0.0479. The predicted molar refractivity (Wildman–Crippen MR) is 113 cm³/mol. The summed E-state index contributed by atoms with van der Waals surface area (Å²) in [6, 6.07) is 13.0. The fourth-order valence-corrected chi connectivity index (χ4v) is 3.45. The number of hydrogen-bond donors (Lipinski definition) is 0. The van der Waals surface area contributed by atoms with Gasteiger partial charge >= 0.3 is 0 Å². The van der Waals surface area contributed by atoms with Crippen molar-refractivity contribution in [3.05, 3.63) is 60.4 Å². The number of rotatable bonds is 5. The zero-order chi connectivity index (χ0) is 20.9. The molecule has 0 atom stereocenters. The third-order valence-corrected chi connectivity index (χ3v) is 5.16. The van der Waals surface area contributed by atoms with Crippen LogP contribution in [-0.4, -0.2) is 66.4 Å². The van der Waals surface area contributed by atoms with Crippen LogP contribution in [0, 0.1) is 0 Å². The molecule has 0 radical (unpaired) electrons. The van der Waals surface area contributed by atoms with Gasteiger partial charge in [-0.25, -0.2) is 0 Å². The van der Waals surface area contributed by atoms with E-state index >= 15 is 0 Å². The second-order valence-corrected chi connectivity index (χ2v) is 6.86. The number of aromatic nitrogens is 3. The minimum absolute atomic E-state index is 0.0479. The summed E-state index contributed by atoms with van der Waals surface area (Å²) in [5, 5.41) is 8.71. The first kappa shape index (κ1) is 19.6. The topological polar surface area (TPSA) is 80.7 Å². The molecule has 30 heavy (non-hydrogen) atoms. The lowest BCUT2D eigenvalue weighted by Crippen LogP contribution is -2.49. The lowest BCUT2D eigenvalue weighted by Gasteiger charge is -2.35. The highest BCUT2D eigenvalue weighted by Crippen LogP contribution is 2.26. The summed E-state index contributed by atoms with van der Waals surface area (Å²) < 4.78 is 10.6. The molecule has 4 rings (SSSR count). The van der Waals surface area contributed by atoms with E-state index in [0.717, 1.165) is 17.1 Å². The Morgan fingerprint density at radius 3 is 2.30 bits per heavy atom. The lowest BCUT2D eigenvalue weighted by molar-refractivity contribution is 0.0743. The van der Waals surface area contributed by atoms with E-state index in [1.807, 2.05) is 29.2 Å². The molecule has 1 amide bonds. The van der Waals surface area contributed by atoms with Crippen LogP contribution in [0.5, 0.6) is 11.5 Å². The molecule has 1 aromatic carbocycles. The second kappa shape index (κ2) is 8.77. The van der Waals surface area contributed by atoms with Crippen molar-refractivity contribution in [1.82, 2.24) is 20.1 Å². The Morgan fingerprint density at radius 2 is 1.67 bits per heavy atom. The van der Waals surface area contributed by atoms with Gasteiger partial charge in [-0.3, -0.25) is 9.78 Å².